The molecule has 44 heavy (non-hydrogen) atoms. The molecule has 10 nitrogen and oxygen atoms in total. The summed E-state index contributed by atoms with van der Waals surface area (Å²) in [4.78, 5) is 48.3. The van der Waals surface area contributed by atoms with E-state index in [0.29, 0.717) is 48.3 Å². The number of carbonyl (C=O) groups is 3. The molecule has 0 radical (unpaired) electrons. The molecular formula is C33H36ClN5O5. The minimum Gasteiger partial charge on any atom is -0.444 e. The number of nitrogens with zero attached hydrogens (tertiary/aromatic N) is 3. The predicted molar refractivity (Wildman–Crippen MR) is 172 cm³/mol. The summed E-state index contributed by atoms with van der Waals surface area (Å²) in [5.74, 6) is 0.402. The smallest absolute Gasteiger partial charge is 0.415 e. The van der Waals surface area contributed by atoms with Gasteiger partial charge in [0.25, 0.3) is 5.91 Å². The van der Waals surface area contributed by atoms with Crippen LogP contribution in [0.4, 0.5) is 21.0 Å². The molecule has 3 aromatic carbocycles. The van der Waals surface area contributed by atoms with Crippen molar-refractivity contribution >= 4 is 62.7 Å². The Hall–Kier alpha value is -4.28. The maximum Gasteiger partial charge on any atom is 0.415 e. The maximum atomic E-state index is 14.0. The molecular weight excluding hydrogens is 582 g/mol. The van der Waals surface area contributed by atoms with Gasteiger partial charge in [-0.25, -0.2) is 9.59 Å². The highest BCUT2D eigenvalue weighted by molar-refractivity contribution is 6.19. The van der Waals surface area contributed by atoms with Gasteiger partial charge in [-0.1, -0.05) is 24.3 Å². The van der Waals surface area contributed by atoms with Gasteiger partial charge in [0.1, 0.15) is 17.0 Å². The van der Waals surface area contributed by atoms with Crippen LogP contribution in [-0.4, -0.2) is 84.1 Å². The van der Waals surface area contributed by atoms with Crippen LogP contribution < -0.4 is 15.0 Å². The third-order valence-electron chi connectivity index (χ3n) is 8.02. The number of hydrogen-bond acceptors (Lipinski definition) is 6. The lowest BCUT2D eigenvalue weighted by atomic mass is 9.95. The van der Waals surface area contributed by atoms with Crippen molar-refractivity contribution in [2.45, 2.75) is 32.3 Å². The maximum absolute atomic E-state index is 14.0. The first-order valence-corrected chi connectivity index (χ1v) is 15.3. The zero-order valence-corrected chi connectivity index (χ0v) is 26.0. The number of benzene rings is 3. The summed E-state index contributed by atoms with van der Waals surface area (Å²) in [6.45, 7) is 8.53. The Bertz CT molecular complexity index is 1750. The Morgan fingerprint density at radius 1 is 1.00 bits per heavy atom. The molecule has 1 aromatic heterocycles. The predicted octanol–water partition coefficient (Wildman–Crippen LogP) is 6.40. The largest absolute Gasteiger partial charge is 0.444 e. The first-order chi connectivity index (χ1) is 21.0. The highest BCUT2D eigenvalue weighted by Gasteiger charge is 2.36. The molecule has 1 atom stereocenters. The summed E-state index contributed by atoms with van der Waals surface area (Å²) in [5.41, 5.74) is 2.70. The number of likely N-dealkylation sites (N-methyl/N-ethyl adjacent to an activating group) is 1. The van der Waals surface area contributed by atoms with E-state index in [1.807, 2.05) is 37.4 Å². The summed E-state index contributed by atoms with van der Waals surface area (Å²) >= 11 is 6.47. The molecule has 1 fully saturated rings. The minimum absolute atomic E-state index is 0.100. The Kier molecular flexibility index (Phi) is 7.89. The van der Waals surface area contributed by atoms with Gasteiger partial charge in [0.05, 0.1) is 5.69 Å². The van der Waals surface area contributed by atoms with Crippen molar-refractivity contribution in [1.29, 1.82) is 0 Å². The molecule has 0 spiro atoms. The van der Waals surface area contributed by atoms with Crippen molar-refractivity contribution < 1.29 is 23.9 Å². The Labute approximate surface area is 260 Å². The summed E-state index contributed by atoms with van der Waals surface area (Å²) < 4.78 is 11.4. The van der Waals surface area contributed by atoms with Crippen LogP contribution in [0.3, 0.4) is 0 Å². The van der Waals surface area contributed by atoms with E-state index < -0.39 is 17.8 Å². The normalized spacial score (nSPS) is 17.2. The number of halogens is 1. The number of alkyl halides is 1. The zero-order valence-electron chi connectivity index (χ0n) is 25.3. The molecule has 0 aliphatic carbocycles. The van der Waals surface area contributed by atoms with Gasteiger partial charge < -0.3 is 29.2 Å². The van der Waals surface area contributed by atoms with Crippen LogP contribution >= 0.6 is 11.6 Å². The van der Waals surface area contributed by atoms with E-state index >= 15 is 0 Å². The van der Waals surface area contributed by atoms with Gasteiger partial charge in [-0.2, -0.15) is 0 Å². The Morgan fingerprint density at radius 3 is 2.43 bits per heavy atom. The second kappa shape index (κ2) is 11.7. The average molecular weight is 618 g/mol. The number of piperazine rings is 1. The number of carbonyl (C=O) groups excluding carboxylic acids is 3. The number of anilines is 2. The molecule has 0 bridgehead atoms. The molecule has 3 amide bonds. The number of nitrogens with one attached hydrogen (secondary N) is 2. The van der Waals surface area contributed by atoms with Crippen LogP contribution in [0.25, 0.3) is 21.7 Å². The number of amides is 3. The molecule has 6 rings (SSSR count). The summed E-state index contributed by atoms with van der Waals surface area (Å²) in [6.07, 6.45) is -0.958. The van der Waals surface area contributed by atoms with E-state index in [9.17, 15) is 14.4 Å². The number of ether oxygens (including phenoxy) is 2. The molecule has 3 heterocycles. The quantitative estimate of drug-likeness (QED) is 0.257. The molecule has 2 N–H and O–H groups in total. The van der Waals surface area contributed by atoms with E-state index in [0.717, 1.165) is 40.3 Å². The Balaban J connectivity index is 1.31. The fourth-order valence-electron chi connectivity index (χ4n) is 5.86. The van der Waals surface area contributed by atoms with E-state index in [-0.39, 0.29) is 11.8 Å². The van der Waals surface area contributed by atoms with Crippen molar-refractivity contribution in [3.8, 4) is 5.75 Å². The first-order valence-electron chi connectivity index (χ1n) is 14.7. The Morgan fingerprint density at radius 2 is 1.73 bits per heavy atom. The van der Waals surface area contributed by atoms with Gasteiger partial charge in [-0.3, -0.25) is 10.1 Å². The van der Waals surface area contributed by atoms with Crippen LogP contribution in [0.5, 0.6) is 5.75 Å². The number of fused-ring (bicyclic) bond motifs is 4. The summed E-state index contributed by atoms with van der Waals surface area (Å²) in [6, 6.07) is 16.7. The molecule has 11 heteroatoms. The average Bonchev–Trinajstić information content (AvgIpc) is 3.57. The zero-order chi connectivity index (χ0) is 31.2. The summed E-state index contributed by atoms with van der Waals surface area (Å²) in [7, 11) is 2.03. The van der Waals surface area contributed by atoms with Crippen molar-refractivity contribution in [2.24, 2.45) is 0 Å². The lowest BCUT2D eigenvalue weighted by Gasteiger charge is -2.31. The lowest BCUT2D eigenvalue weighted by Crippen LogP contribution is -2.48. The molecule has 2 aliphatic heterocycles. The molecule has 1 saturated heterocycles. The van der Waals surface area contributed by atoms with E-state index in [1.165, 1.54) is 0 Å². The van der Waals surface area contributed by atoms with Gasteiger partial charge in [0.15, 0.2) is 0 Å². The number of hydrogen-bond donors (Lipinski definition) is 2. The SMILES string of the molecule is CN1CCN(C(=O)Oc2cc3c(c4ccccc24)[C@H](CCl)CN3C(=O)c2cc3cc(NC(=O)OC(C)(C)C)ccc3[nH]2)CC1. The molecule has 230 valence electrons. The van der Waals surface area contributed by atoms with E-state index in [2.05, 4.69) is 15.2 Å². The third-order valence-corrected chi connectivity index (χ3v) is 8.39. The van der Waals surface area contributed by atoms with Gasteiger partial charge in [-0.15, -0.1) is 11.6 Å². The van der Waals surface area contributed by atoms with Crippen LogP contribution in [0.1, 0.15) is 42.7 Å². The molecule has 0 unspecified atom stereocenters. The van der Waals surface area contributed by atoms with E-state index in [4.69, 9.17) is 21.1 Å². The van der Waals surface area contributed by atoms with Crippen LogP contribution in [0, 0.1) is 0 Å². The van der Waals surface area contributed by atoms with E-state index in [1.54, 1.807) is 54.8 Å². The highest BCUT2D eigenvalue weighted by atomic mass is 35.5. The summed E-state index contributed by atoms with van der Waals surface area (Å²) in [5, 5.41) is 5.21. The fraction of sp³-hybridized carbons (Fsp3) is 0.364. The van der Waals surface area contributed by atoms with Crippen molar-refractivity contribution in [3.63, 3.8) is 0 Å². The minimum atomic E-state index is -0.622. The van der Waals surface area contributed by atoms with Gasteiger partial charge in [0, 0.05) is 72.6 Å². The van der Waals surface area contributed by atoms with Crippen molar-refractivity contribution in [1.82, 2.24) is 14.8 Å². The number of rotatable bonds is 4. The second-order valence-corrected chi connectivity index (χ2v) is 12.7. The van der Waals surface area contributed by atoms with Crippen molar-refractivity contribution in [2.75, 3.05) is 55.9 Å². The lowest BCUT2D eigenvalue weighted by molar-refractivity contribution is 0.0635. The first kappa shape index (κ1) is 29.8. The monoisotopic (exact) mass is 617 g/mol. The molecule has 0 saturated carbocycles. The highest BCUT2D eigenvalue weighted by Crippen LogP contribution is 2.46. The molecule has 2 aliphatic rings. The number of aromatic nitrogens is 1. The van der Waals surface area contributed by atoms with Crippen LogP contribution in [0.15, 0.2) is 54.6 Å². The van der Waals surface area contributed by atoms with Gasteiger partial charge in [0.2, 0.25) is 0 Å². The fourth-order valence-corrected chi connectivity index (χ4v) is 6.11. The van der Waals surface area contributed by atoms with Crippen LogP contribution in [0.2, 0.25) is 0 Å². The second-order valence-electron chi connectivity index (χ2n) is 12.4. The molecule has 4 aromatic rings. The number of H-pyrrole nitrogens is 1. The van der Waals surface area contributed by atoms with Gasteiger partial charge in [-0.05, 0) is 63.0 Å². The standard InChI is InChI=1S/C33H36ClN5O5/c1-33(2,3)44-31(41)35-22-9-10-25-20(15-22)16-26(36-25)30(40)39-19-21(18-34)29-24-8-6-5-7-23(24)28(17-27(29)39)43-32(42)38-13-11-37(4)12-14-38/h5-10,15-17,21,36H,11-14,18-19H2,1-4H3,(H,35,41)/t21-/m1/s1. The number of aromatic amines is 1. The topological polar surface area (TPSA) is 107 Å². The van der Waals surface area contributed by atoms with Gasteiger partial charge >= 0.3 is 12.2 Å². The van der Waals surface area contributed by atoms with Crippen LogP contribution in [-0.2, 0) is 4.74 Å². The third kappa shape index (κ3) is 5.92. The van der Waals surface area contributed by atoms with Crippen molar-refractivity contribution in [3.05, 3.63) is 65.9 Å².